The Morgan fingerprint density at radius 3 is 2.33 bits per heavy atom. The highest BCUT2D eigenvalue weighted by molar-refractivity contribution is 5.76. The summed E-state index contributed by atoms with van der Waals surface area (Å²) in [5, 5.41) is 3.61. The van der Waals surface area contributed by atoms with Crippen LogP contribution in [0.15, 0.2) is 48.5 Å². The first-order valence-electron chi connectivity index (χ1n) is 10.8. The molecule has 1 heterocycles. The first kappa shape index (κ1) is 20.7. The quantitative estimate of drug-likeness (QED) is 0.721. The van der Waals surface area contributed by atoms with E-state index in [-0.39, 0.29) is 11.7 Å². The van der Waals surface area contributed by atoms with Crippen LogP contribution in [0.4, 0.5) is 10.1 Å². The topological polar surface area (TPSA) is 44.8 Å². The fourth-order valence-corrected chi connectivity index (χ4v) is 4.16. The summed E-state index contributed by atoms with van der Waals surface area (Å²) in [5.41, 5.74) is 2.27. The first-order valence-corrected chi connectivity index (χ1v) is 10.8. The van der Waals surface area contributed by atoms with Gasteiger partial charge in [-0.3, -0.25) is 4.79 Å². The van der Waals surface area contributed by atoms with Crippen LogP contribution in [-0.2, 0) is 4.79 Å². The van der Waals surface area contributed by atoms with Gasteiger partial charge >= 0.3 is 0 Å². The highest BCUT2D eigenvalue weighted by Crippen LogP contribution is 2.41. The van der Waals surface area contributed by atoms with Crippen molar-refractivity contribution in [3.8, 4) is 5.75 Å². The molecule has 1 amide bonds. The summed E-state index contributed by atoms with van der Waals surface area (Å²) in [4.78, 5) is 16.8. The maximum atomic E-state index is 13.1. The summed E-state index contributed by atoms with van der Waals surface area (Å²) in [6.45, 7) is 3.66. The maximum absolute atomic E-state index is 13.1. The molecular formula is C24H30FN3O2. The van der Waals surface area contributed by atoms with E-state index in [4.69, 9.17) is 4.74 Å². The molecule has 160 valence electrons. The number of nitrogens with one attached hydrogen (secondary N) is 1. The van der Waals surface area contributed by atoms with E-state index in [2.05, 4.69) is 22.3 Å². The molecule has 0 spiro atoms. The molecule has 2 fully saturated rings. The van der Waals surface area contributed by atoms with Crippen molar-refractivity contribution in [3.05, 3.63) is 59.9 Å². The van der Waals surface area contributed by atoms with Gasteiger partial charge in [-0.1, -0.05) is 12.1 Å². The molecule has 1 atom stereocenters. The Hall–Kier alpha value is -2.60. The van der Waals surface area contributed by atoms with Crippen LogP contribution in [0.1, 0.15) is 30.9 Å². The number of amides is 1. The first-order chi connectivity index (χ1) is 14.6. The number of ether oxygens (including phenoxy) is 1. The van der Waals surface area contributed by atoms with Gasteiger partial charge in [-0.2, -0.15) is 0 Å². The lowest BCUT2D eigenvalue weighted by Crippen LogP contribution is -2.49. The van der Waals surface area contributed by atoms with Crippen molar-refractivity contribution in [2.24, 2.45) is 5.92 Å². The number of carbonyl (C=O) groups is 1. The Labute approximate surface area is 177 Å². The van der Waals surface area contributed by atoms with E-state index in [9.17, 15) is 9.18 Å². The Morgan fingerprint density at radius 2 is 1.73 bits per heavy atom. The van der Waals surface area contributed by atoms with Gasteiger partial charge in [-0.05, 0) is 60.7 Å². The number of hydrogen-bond donors (Lipinski definition) is 1. The van der Waals surface area contributed by atoms with E-state index in [1.54, 1.807) is 19.2 Å². The normalized spacial score (nSPS) is 17.7. The molecule has 1 N–H and O–H groups in total. The molecule has 1 saturated heterocycles. The van der Waals surface area contributed by atoms with Crippen LogP contribution in [-0.4, -0.2) is 50.6 Å². The summed E-state index contributed by atoms with van der Waals surface area (Å²) in [6, 6.07) is 15.1. The van der Waals surface area contributed by atoms with Gasteiger partial charge in [0.05, 0.1) is 7.11 Å². The van der Waals surface area contributed by atoms with Crippen molar-refractivity contribution in [2.75, 3.05) is 44.7 Å². The van der Waals surface area contributed by atoms with Gasteiger partial charge < -0.3 is 19.9 Å². The molecule has 0 bridgehead atoms. The molecule has 1 saturated carbocycles. The summed E-state index contributed by atoms with van der Waals surface area (Å²) >= 11 is 0. The standard InChI is InChI=1S/C24H30FN3O2/c1-30-22-10-4-19(5-11-22)24(18-2-3-18)26-13-12-23(29)28-16-14-27(15-17-28)21-8-6-20(25)7-9-21/h4-11,18,24,26H,2-3,12-17H2,1H3. The minimum absolute atomic E-state index is 0.200. The number of halogens is 1. The minimum Gasteiger partial charge on any atom is -0.497 e. The highest BCUT2D eigenvalue weighted by atomic mass is 19.1. The second-order valence-corrected chi connectivity index (χ2v) is 8.14. The summed E-state index contributed by atoms with van der Waals surface area (Å²) in [5.74, 6) is 1.50. The smallest absolute Gasteiger partial charge is 0.223 e. The van der Waals surface area contributed by atoms with Crippen molar-refractivity contribution in [1.29, 1.82) is 0 Å². The number of anilines is 1. The fourth-order valence-electron chi connectivity index (χ4n) is 4.16. The zero-order chi connectivity index (χ0) is 20.9. The third-order valence-corrected chi connectivity index (χ3v) is 6.10. The second-order valence-electron chi connectivity index (χ2n) is 8.14. The number of benzene rings is 2. The van der Waals surface area contributed by atoms with Crippen molar-refractivity contribution < 1.29 is 13.9 Å². The molecule has 5 nitrogen and oxygen atoms in total. The van der Waals surface area contributed by atoms with E-state index in [0.29, 0.717) is 38.0 Å². The lowest BCUT2D eigenvalue weighted by atomic mass is 10.0. The third kappa shape index (κ3) is 5.11. The molecule has 2 aromatic carbocycles. The predicted octanol–water partition coefficient (Wildman–Crippen LogP) is 3.61. The largest absolute Gasteiger partial charge is 0.497 e. The molecule has 2 aromatic rings. The van der Waals surface area contributed by atoms with Crippen LogP contribution in [0.3, 0.4) is 0 Å². The van der Waals surface area contributed by atoms with Gasteiger partial charge in [0.25, 0.3) is 0 Å². The van der Waals surface area contributed by atoms with Gasteiger partial charge in [0, 0.05) is 50.9 Å². The average molecular weight is 412 g/mol. The molecule has 30 heavy (non-hydrogen) atoms. The van der Waals surface area contributed by atoms with Crippen LogP contribution in [0.2, 0.25) is 0 Å². The van der Waals surface area contributed by atoms with Crippen LogP contribution in [0.25, 0.3) is 0 Å². The van der Waals surface area contributed by atoms with Crippen molar-refractivity contribution in [1.82, 2.24) is 10.2 Å². The van der Waals surface area contributed by atoms with Crippen LogP contribution >= 0.6 is 0 Å². The Kier molecular flexibility index (Phi) is 6.53. The molecule has 1 aliphatic heterocycles. The molecule has 0 aromatic heterocycles. The highest BCUT2D eigenvalue weighted by Gasteiger charge is 2.32. The number of piperazine rings is 1. The SMILES string of the molecule is COc1ccc(C(NCCC(=O)N2CCN(c3ccc(F)cc3)CC2)C2CC2)cc1. The molecule has 2 aliphatic rings. The number of methoxy groups -OCH3 is 1. The van der Waals surface area contributed by atoms with Gasteiger partial charge in [-0.25, -0.2) is 4.39 Å². The third-order valence-electron chi connectivity index (χ3n) is 6.10. The maximum Gasteiger partial charge on any atom is 0.223 e. The zero-order valence-corrected chi connectivity index (χ0v) is 17.5. The summed E-state index contributed by atoms with van der Waals surface area (Å²) in [7, 11) is 1.68. The molecule has 6 heteroatoms. The van der Waals surface area contributed by atoms with E-state index in [1.807, 2.05) is 17.0 Å². The Morgan fingerprint density at radius 1 is 1.07 bits per heavy atom. The minimum atomic E-state index is -0.223. The van der Waals surface area contributed by atoms with E-state index < -0.39 is 0 Å². The van der Waals surface area contributed by atoms with Crippen LogP contribution in [0, 0.1) is 11.7 Å². The van der Waals surface area contributed by atoms with Crippen LogP contribution < -0.4 is 15.0 Å². The molecule has 4 rings (SSSR count). The lowest BCUT2D eigenvalue weighted by Gasteiger charge is -2.36. The van der Waals surface area contributed by atoms with E-state index in [0.717, 1.165) is 24.5 Å². The second kappa shape index (κ2) is 9.47. The number of rotatable bonds is 8. The number of hydrogen-bond acceptors (Lipinski definition) is 4. The lowest BCUT2D eigenvalue weighted by molar-refractivity contribution is -0.131. The predicted molar refractivity (Wildman–Crippen MR) is 116 cm³/mol. The van der Waals surface area contributed by atoms with Gasteiger partial charge in [0.1, 0.15) is 11.6 Å². The Bertz CT molecular complexity index is 829. The number of carbonyl (C=O) groups excluding carboxylic acids is 1. The number of nitrogens with zero attached hydrogens (tertiary/aromatic N) is 2. The molecule has 1 unspecified atom stereocenters. The van der Waals surface area contributed by atoms with Crippen molar-refractivity contribution >= 4 is 11.6 Å². The van der Waals surface area contributed by atoms with Crippen molar-refractivity contribution in [3.63, 3.8) is 0 Å². The zero-order valence-electron chi connectivity index (χ0n) is 17.5. The van der Waals surface area contributed by atoms with Crippen LogP contribution in [0.5, 0.6) is 5.75 Å². The summed E-state index contributed by atoms with van der Waals surface area (Å²) in [6.07, 6.45) is 2.99. The van der Waals surface area contributed by atoms with Gasteiger partial charge in [0.15, 0.2) is 0 Å². The molecule has 0 radical (unpaired) electrons. The van der Waals surface area contributed by atoms with Gasteiger partial charge in [-0.15, -0.1) is 0 Å². The van der Waals surface area contributed by atoms with Gasteiger partial charge in [0.2, 0.25) is 5.91 Å². The fraction of sp³-hybridized carbons (Fsp3) is 0.458. The molecule has 1 aliphatic carbocycles. The monoisotopic (exact) mass is 411 g/mol. The molecular weight excluding hydrogens is 381 g/mol. The van der Waals surface area contributed by atoms with Crippen molar-refractivity contribution in [2.45, 2.75) is 25.3 Å². The van der Waals surface area contributed by atoms with E-state index >= 15 is 0 Å². The Balaban J connectivity index is 1.23. The van der Waals surface area contributed by atoms with E-state index in [1.165, 1.54) is 30.5 Å². The summed E-state index contributed by atoms with van der Waals surface area (Å²) < 4.78 is 18.4. The average Bonchev–Trinajstić information content (AvgIpc) is 3.63.